The van der Waals surface area contributed by atoms with Crippen LogP contribution in [0.5, 0.6) is 0 Å². The molecule has 0 bridgehead atoms. The van der Waals surface area contributed by atoms with E-state index in [1.165, 1.54) is 24.4 Å². The van der Waals surface area contributed by atoms with Gasteiger partial charge in [-0.25, -0.2) is 18.2 Å². The number of hydrogen-bond acceptors (Lipinski definition) is 8. The second-order valence-corrected chi connectivity index (χ2v) is 10.2. The molecule has 0 spiro atoms. The molecule has 2 aromatic rings. The van der Waals surface area contributed by atoms with Crippen LogP contribution in [0.2, 0.25) is 4.34 Å². The number of halogens is 1. The molecule has 3 rings (SSSR count). The van der Waals surface area contributed by atoms with E-state index < -0.39 is 16.0 Å². The van der Waals surface area contributed by atoms with Crippen molar-refractivity contribution in [2.75, 3.05) is 29.3 Å². The summed E-state index contributed by atoms with van der Waals surface area (Å²) in [5.74, 6) is -1.77. The number of carbonyl (C=O) groups excluding carboxylic acids is 1. The lowest BCUT2D eigenvalue weighted by molar-refractivity contribution is -0.148. The van der Waals surface area contributed by atoms with Crippen molar-refractivity contribution < 1.29 is 27.9 Å². The number of aromatic nitrogens is 1. The molecule has 162 valence electrons. The summed E-state index contributed by atoms with van der Waals surface area (Å²) in [5.41, 5.74) is -0.149. The summed E-state index contributed by atoms with van der Waals surface area (Å²) < 4.78 is 32.6. The molecule has 0 aliphatic carbocycles. The molecule has 2 aromatic heterocycles. The number of rotatable bonds is 7. The first-order chi connectivity index (χ1) is 14.2. The van der Waals surface area contributed by atoms with E-state index in [2.05, 4.69) is 9.71 Å². The number of hydrogen-bond donors (Lipinski definition) is 2. The highest BCUT2D eigenvalue weighted by Gasteiger charge is 2.30. The molecule has 0 unspecified atom stereocenters. The Hall–Kier alpha value is -2.37. The van der Waals surface area contributed by atoms with Crippen molar-refractivity contribution in [3.05, 3.63) is 34.3 Å². The van der Waals surface area contributed by atoms with E-state index >= 15 is 0 Å². The van der Waals surface area contributed by atoms with Gasteiger partial charge in [-0.05, 0) is 38.0 Å². The third-order valence-electron chi connectivity index (χ3n) is 4.50. The number of thiophene rings is 1. The molecular formula is C18H20ClN3O6S2. The van der Waals surface area contributed by atoms with Crippen LogP contribution in [0, 0.1) is 5.92 Å². The van der Waals surface area contributed by atoms with Crippen LogP contribution < -0.4 is 9.62 Å². The first kappa shape index (κ1) is 22.3. The highest BCUT2D eigenvalue weighted by molar-refractivity contribution is 7.94. The van der Waals surface area contributed by atoms with Gasteiger partial charge in [0.15, 0.2) is 0 Å². The summed E-state index contributed by atoms with van der Waals surface area (Å²) in [7, 11) is -3.92. The van der Waals surface area contributed by atoms with Gasteiger partial charge in [-0.3, -0.25) is 9.52 Å². The van der Waals surface area contributed by atoms with Crippen molar-refractivity contribution >= 4 is 56.4 Å². The second kappa shape index (κ2) is 9.19. The van der Waals surface area contributed by atoms with Crippen LogP contribution in [0.3, 0.4) is 0 Å². The molecule has 1 aliphatic rings. The highest BCUT2D eigenvalue weighted by atomic mass is 35.5. The molecule has 3 heterocycles. The Morgan fingerprint density at radius 3 is 2.83 bits per heavy atom. The number of esters is 1. The van der Waals surface area contributed by atoms with Crippen LogP contribution in [0.4, 0.5) is 11.5 Å². The third kappa shape index (κ3) is 5.02. The number of pyridine rings is 1. The Morgan fingerprint density at radius 2 is 2.20 bits per heavy atom. The average molecular weight is 474 g/mol. The summed E-state index contributed by atoms with van der Waals surface area (Å²) >= 11 is 6.68. The van der Waals surface area contributed by atoms with Crippen LogP contribution in [0.25, 0.3) is 0 Å². The molecule has 1 saturated heterocycles. The van der Waals surface area contributed by atoms with Crippen molar-refractivity contribution in [3.63, 3.8) is 0 Å². The minimum Gasteiger partial charge on any atom is -0.478 e. The molecule has 2 N–H and O–H groups in total. The fourth-order valence-electron chi connectivity index (χ4n) is 3.19. The zero-order chi connectivity index (χ0) is 21.9. The van der Waals surface area contributed by atoms with Gasteiger partial charge in [-0.2, -0.15) is 0 Å². The van der Waals surface area contributed by atoms with Crippen LogP contribution in [-0.4, -0.2) is 50.1 Å². The number of carboxylic acids is 1. The summed E-state index contributed by atoms with van der Waals surface area (Å²) in [5, 5.41) is 9.65. The largest absolute Gasteiger partial charge is 0.478 e. The van der Waals surface area contributed by atoms with Gasteiger partial charge < -0.3 is 14.7 Å². The zero-order valence-corrected chi connectivity index (χ0v) is 18.4. The first-order valence-corrected chi connectivity index (χ1v) is 11.8. The number of aromatic carboxylic acids is 1. The Labute approximate surface area is 182 Å². The molecule has 1 aliphatic heterocycles. The zero-order valence-electron chi connectivity index (χ0n) is 16.0. The molecule has 0 saturated carbocycles. The predicted octanol–water partition coefficient (Wildman–Crippen LogP) is 3.08. The molecular weight excluding hydrogens is 454 g/mol. The van der Waals surface area contributed by atoms with Crippen LogP contribution in [0.15, 0.2) is 28.6 Å². The minimum absolute atomic E-state index is 0.00163. The number of piperidine rings is 1. The van der Waals surface area contributed by atoms with Crippen LogP contribution in [-0.2, 0) is 19.6 Å². The van der Waals surface area contributed by atoms with Gasteiger partial charge in [0.25, 0.3) is 10.0 Å². The summed E-state index contributed by atoms with van der Waals surface area (Å²) in [6.45, 7) is 2.82. The number of ether oxygens (including phenoxy) is 1. The molecule has 30 heavy (non-hydrogen) atoms. The lowest BCUT2D eigenvalue weighted by Crippen LogP contribution is -2.40. The van der Waals surface area contributed by atoms with Crippen molar-refractivity contribution in [1.82, 2.24) is 4.98 Å². The smallest absolute Gasteiger partial charge is 0.339 e. The predicted molar refractivity (Wildman–Crippen MR) is 113 cm³/mol. The topological polar surface area (TPSA) is 126 Å². The quantitative estimate of drug-likeness (QED) is 0.587. The monoisotopic (exact) mass is 473 g/mol. The van der Waals surface area contributed by atoms with Gasteiger partial charge in [0, 0.05) is 13.1 Å². The summed E-state index contributed by atoms with van der Waals surface area (Å²) in [6, 6.07) is 4.03. The van der Waals surface area contributed by atoms with Gasteiger partial charge in [-0.1, -0.05) is 11.6 Å². The van der Waals surface area contributed by atoms with Gasteiger partial charge >= 0.3 is 11.9 Å². The molecule has 1 atom stereocenters. The third-order valence-corrected chi connectivity index (χ3v) is 7.61. The molecule has 12 heteroatoms. The second-order valence-electron chi connectivity index (χ2n) is 6.60. The van der Waals surface area contributed by atoms with Gasteiger partial charge in [-0.15, -0.1) is 11.3 Å². The summed E-state index contributed by atoms with van der Waals surface area (Å²) in [4.78, 5) is 29.8. The Kier molecular flexibility index (Phi) is 6.84. The molecule has 0 amide bonds. The van der Waals surface area contributed by atoms with E-state index in [0.717, 1.165) is 11.3 Å². The number of anilines is 2. The normalized spacial score (nSPS) is 16.9. The van der Waals surface area contributed by atoms with Gasteiger partial charge in [0.05, 0.1) is 28.7 Å². The summed E-state index contributed by atoms with van der Waals surface area (Å²) in [6.07, 6.45) is 2.58. The fourth-order valence-corrected chi connectivity index (χ4v) is 5.71. The van der Waals surface area contributed by atoms with Gasteiger partial charge in [0.2, 0.25) is 0 Å². The lowest BCUT2D eigenvalue weighted by Gasteiger charge is -2.33. The SMILES string of the molecule is CCOC(=O)[C@@H]1CCCN(c2ncc(NS(=O)(=O)c3ccc(Cl)s3)cc2C(=O)O)C1. The Balaban J connectivity index is 1.85. The first-order valence-electron chi connectivity index (χ1n) is 9.14. The lowest BCUT2D eigenvalue weighted by atomic mass is 9.98. The Morgan fingerprint density at radius 1 is 1.43 bits per heavy atom. The number of nitrogens with zero attached hydrogens (tertiary/aromatic N) is 2. The molecule has 1 fully saturated rings. The van der Waals surface area contributed by atoms with Gasteiger partial charge in [0.1, 0.15) is 15.6 Å². The number of carboxylic acid groups (broad SMARTS) is 1. The maximum absolute atomic E-state index is 12.5. The molecule has 0 radical (unpaired) electrons. The van der Waals surface area contributed by atoms with E-state index in [-0.39, 0.29) is 46.3 Å². The van der Waals surface area contributed by atoms with E-state index in [9.17, 15) is 23.1 Å². The number of carbonyl (C=O) groups is 2. The molecule has 9 nitrogen and oxygen atoms in total. The van der Waals surface area contributed by atoms with Crippen LogP contribution >= 0.6 is 22.9 Å². The highest BCUT2D eigenvalue weighted by Crippen LogP contribution is 2.30. The van der Waals surface area contributed by atoms with Crippen molar-refractivity contribution in [1.29, 1.82) is 0 Å². The Bertz CT molecular complexity index is 1060. The van der Waals surface area contributed by atoms with Crippen LogP contribution in [0.1, 0.15) is 30.1 Å². The number of nitrogens with one attached hydrogen (secondary N) is 1. The minimum atomic E-state index is -3.92. The van der Waals surface area contributed by atoms with E-state index in [1.54, 1.807) is 11.8 Å². The number of sulfonamides is 1. The van der Waals surface area contributed by atoms with E-state index in [0.29, 0.717) is 23.7 Å². The van der Waals surface area contributed by atoms with Crippen molar-refractivity contribution in [2.45, 2.75) is 24.0 Å². The van der Waals surface area contributed by atoms with E-state index in [1.807, 2.05) is 0 Å². The van der Waals surface area contributed by atoms with Crippen molar-refractivity contribution in [3.8, 4) is 0 Å². The molecule has 0 aromatic carbocycles. The maximum atomic E-state index is 12.5. The van der Waals surface area contributed by atoms with Crippen molar-refractivity contribution in [2.24, 2.45) is 5.92 Å². The average Bonchev–Trinajstić information content (AvgIpc) is 3.15. The maximum Gasteiger partial charge on any atom is 0.339 e. The standard InChI is InChI=1S/C18H20ClN3O6S2/c1-2-28-18(25)11-4-3-7-22(10-11)16-13(17(23)24)8-12(9-20-16)21-30(26,27)15-6-5-14(19)29-15/h5-6,8-9,11,21H,2-4,7,10H2,1H3,(H,23,24)/t11-/m1/s1. The fraction of sp³-hybridized carbons (Fsp3) is 0.389. The van der Waals surface area contributed by atoms with E-state index in [4.69, 9.17) is 16.3 Å².